The lowest BCUT2D eigenvalue weighted by atomic mass is 9.89. The molecule has 0 bridgehead atoms. The molecule has 10 atom stereocenters. The second-order valence-electron chi connectivity index (χ2n) is 10.1. The number of rotatable bonds is 5. The monoisotopic (exact) mass is 578 g/mol. The summed E-state index contributed by atoms with van der Waals surface area (Å²) >= 11 is 0. The van der Waals surface area contributed by atoms with Gasteiger partial charge in [-0.15, -0.1) is 0 Å². The SMILES string of the molecule is C[C@H]1O[C@@H](Oc2ccc(-c3cc(=O)c4c(O)cc(O)c([C@@H]5O[C@H](CO)[C@@H](O)[C@H](O)[C@H]5O)c4o3)cc2)[C@@H](O)[C@@H](O)[C@@H]1O. The van der Waals surface area contributed by atoms with Crippen molar-refractivity contribution in [1.29, 1.82) is 0 Å². The predicted octanol–water partition coefficient (Wildman–Crippen LogP) is -1.41. The molecule has 14 heteroatoms. The highest BCUT2D eigenvalue weighted by Crippen LogP contribution is 2.43. The van der Waals surface area contributed by atoms with Crippen LogP contribution in [0, 0.1) is 0 Å². The Balaban J connectivity index is 1.51. The summed E-state index contributed by atoms with van der Waals surface area (Å²) in [7, 11) is 0. The van der Waals surface area contributed by atoms with E-state index in [1.54, 1.807) is 0 Å². The second kappa shape index (κ2) is 11.2. The molecule has 9 N–H and O–H groups in total. The Morgan fingerprint density at radius 3 is 2.12 bits per heavy atom. The van der Waals surface area contributed by atoms with Gasteiger partial charge in [0.25, 0.3) is 0 Å². The van der Waals surface area contributed by atoms with Gasteiger partial charge >= 0.3 is 0 Å². The molecule has 2 aliphatic rings. The summed E-state index contributed by atoms with van der Waals surface area (Å²) in [6, 6.07) is 7.81. The van der Waals surface area contributed by atoms with Gasteiger partial charge in [0.05, 0.1) is 18.3 Å². The molecule has 0 unspecified atom stereocenters. The second-order valence-corrected chi connectivity index (χ2v) is 10.1. The Hall–Kier alpha value is -3.31. The van der Waals surface area contributed by atoms with Crippen LogP contribution in [0.15, 0.2) is 45.6 Å². The summed E-state index contributed by atoms with van der Waals surface area (Å²) in [6.45, 7) is 0.776. The molecule has 0 amide bonds. The van der Waals surface area contributed by atoms with Crippen LogP contribution in [0.25, 0.3) is 22.3 Å². The van der Waals surface area contributed by atoms with Gasteiger partial charge < -0.3 is 64.6 Å². The lowest BCUT2D eigenvalue weighted by Gasteiger charge is -2.40. The first-order chi connectivity index (χ1) is 19.4. The molecule has 2 aliphatic heterocycles. The van der Waals surface area contributed by atoms with Crippen molar-refractivity contribution in [3.8, 4) is 28.6 Å². The summed E-state index contributed by atoms with van der Waals surface area (Å²) in [4.78, 5) is 13.1. The molecule has 41 heavy (non-hydrogen) atoms. The Morgan fingerprint density at radius 2 is 1.46 bits per heavy atom. The molecule has 222 valence electrons. The molecule has 2 aromatic carbocycles. The Morgan fingerprint density at radius 1 is 0.805 bits per heavy atom. The van der Waals surface area contributed by atoms with Crippen molar-refractivity contribution in [3.05, 3.63) is 52.2 Å². The van der Waals surface area contributed by atoms with Gasteiger partial charge in [-0.3, -0.25) is 4.79 Å². The minimum atomic E-state index is -1.81. The quantitative estimate of drug-likeness (QED) is 0.169. The van der Waals surface area contributed by atoms with Gasteiger partial charge in [-0.25, -0.2) is 0 Å². The lowest BCUT2D eigenvalue weighted by Crippen LogP contribution is -2.58. The van der Waals surface area contributed by atoms with Crippen molar-refractivity contribution in [3.63, 3.8) is 0 Å². The van der Waals surface area contributed by atoms with Crippen molar-refractivity contribution in [2.24, 2.45) is 0 Å². The molecular weight excluding hydrogens is 548 g/mol. The average molecular weight is 579 g/mol. The highest BCUT2D eigenvalue weighted by atomic mass is 16.7. The van der Waals surface area contributed by atoms with Crippen molar-refractivity contribution >= 4 is 11.0 Å². The third kappa shape index (κ3) is 5.14. The van der Waals surface area contributed by atoms with Gasteiger partial charge in [-0.05, 0) is 31.2 Å². The molecule has 14 nitrogen and oxygen atoms in total. The van der Waals surface area contributed by atoms with Crippen LogP contribution < -0.4 is 10.2 Å². The first-order valence-electron chi connectivity index (χ1n) is 12.7. The van der Waals surface area contributed by atoms with Crippen molar-refractivity contribution < 1.29 is 64.6 Å². The van der Waals surface area contributed by atoms with Crippen LogP contribution in [0.1, 0.15) is 18.6 Å². The van der Waals surface area contributed by atoms with E-state index < -0.39 is 84.8 Å². The van der Waals surface area contributed by atoms with E-state index >= 15 is 0 Å². The fourth-order valence-corrected chi connectivity index (χ4v) is 5.02. The van der Waals surface area contributed by atoms with Crippen LogP contribution in [0.4, 0.5) is 0 Å². The first-order valence-corrected chi connectivity index (χ1v) is 12.7. The predicted molar refractivity (Wildman–Crippen MR) is 137 cm³/mol. The molecule has 0 spiro atoms. The van der Waals surface area contributed by atoms with Crippen LogP contribution in [0.5, 0.6) is 17.2 Å². The van der Waals surface area contributed by atoms with Gasteiger partial charge in [0, 0.05) is 17.7 Å². The van der Waals surface area contributed by atoms with Crippen molar-refractivity contribution in [2.45, 2.75) is 68.1 Å². The van der Waals surface area contributed by atoms with Crippen molar-refractivity contribution in [1.82, 2.24) is 0 Å². The molecule has 1 aromatic heterocycles. The molecule has 2 saturated heterocycles. The van der Waals surface area contributed by atoms with E-state index in [2.05, 4.69) is 0 Å². The van der Waals surface area contributed by atoms with E-state index in [0.717, 1.165) is 12.1 Å². The van der Waals surface area contributed by atoms with Gasteiger partial charge in [0.15, 0.2) is 11.0 Å². The van der Waals surface area contributed by atoms with Crippen molar-refractivity contribution in [2.75, 3.05) is 6.61 Å². The number of aliphatic hydroxyl groups is 7. The summed E-state index contributed by atoms with van der Waals surface area (Å²) in [5.74, 6) is -1.10. The Kier molecular flexibility index (Phi) is 7.95. The minimum absolute atomic E-state index is 0.0361. The topological polar surface area (TPSA) is 240 Å². The van der Waals surface area contributed by atoms with Crippen LogP contribution in [0.3, 0.4) is 0 Å². The van der Waals surface area contributed by atoms with E-state index in [1.807, 2.05) is 0 Å². The maximum atomic E-state index is 13.1. The summed E-state index contributed by atoms with van der Waals surface area (Å²) in [5.41, 5.74) is -1.06. The third-order valence-corrected chi connectivity index (χ3v) is 7.37. The summed E-state index contributed by atoms with van der Waals surface area (Å²) < 4.78 is 22.5. The Bertz CT molecular complexity index is 1450. The number of phenols is 2. The van der Waals surface area contributed by atoms with Crippen LogP contribution in [-0.2, 0) is 9.47 Å². The van der Waals surface area contributed by atoms with E-state index in [9.17, 15) is 50.8 Å². The van der Waals surface area contributed by atoms with Gasteiger partial charge in [0.2, 0.25) is 6.29 Å². The fourth-order valence-electron chi connectivity index (χ4n) is 5.02. The standard InChI is InChI=1S/C27H30O14/c1-9-19(32)21(34)24(37)27(38-9)39-11-4-2-10(3-5-11)15-7-14(31)17-12(29)6-13(30)18(25(17)40-15)26-23(36)22(35)20(33)16(8-28)41-26/h2-7,9,16,19-24,26-30,32-37H,8H2,1H3/t9-,16-,19-,20-,21+,22+,23-,24+,26+,27+/m1/s1. The largest absolute Gasteiger partial charge is 0.507 e. The minimum Gasteiger partial charge on any atom is -0.507 e. The van der Waals surface area contributed by atoms with Gasteiger partial charge in [-0.1, -0.05) is 0 Å². The fraction of sp³-hybridized carbons (Fsp3) is 0.444. The number of benzene rings is 2. The van der Waals surface area contributed by atoms with E-state index in [1.165, 1.54) is 31.2 Å². The third-order valence-electron chi connectivity index (χ3n) is 7.37. The van der Waals surface area contributed by atoms with E-state index in [0.29, 0.717) is 5.56 Å². The summed E-state index contributed by atoms with van der Waals surface area (Å²) in [5, 5.41) is 91.4. The van der Waals surface area contributed by atoms with Crippen LogP contribution in [0.2, 0.25) is 0 Å². The number of ether oxygens (including phenoxy) is 3. The number of phenolic OH excluding ortho intramolecular Hbond substituents is 2. The number of aliphatic hydroxyl groups excluding tert-OH is 7. The number of fused-ring (bicyclic) bond motifs is 1. The maximum Gasteiger partial charge on any atom is 0.229 e. The molecular formula is C27H30O14. The maximum absolute atomic E-state index is 13.1. The number of hydrogen-bond acceptors (Lipinski definition) is 14. The molecule has 5 rings (SSSR count). The molecule has 0 aliphatic carbocycles. The van der Waals surface area contributed by atoms with Gasteiger partial charge in [-0.2, -0.15) is 0 Å². The Labute approximate surface area is 231 Å². The smallest absolute Gasteiger partial charge is 0.229 e. The van der Waals surface area contributed by atoms with E-state index in [4.69, 9.17) is 18.6 Å². The molecule has 0 radical (unpaired) electrons. The van der Waals surface area contributed by atoms with Crippen LogP contribution >= 0.6 is 0 Å². The van der Waals surface area contributed by atoms with Crippen LogP contribution in [-0.4, -0.2) is 108 Å². The number of hydrogen-bond donors (Lipinski definition) is 9. The zero-order chi connectivity index (χ0) is 29.7. The molecule has 0 saturated carbocycles. The molecule has 2 fully saturated rings. The molecule has 3 aromatic rings. The zero-order valence-corrected chi connectivity index (χ0v) is 21.5. The highest BCUT2D eigenvalue weighted by Gasteiger charge is 2.46. The zero-order valence-electron chi connectivity index (χ0n) is 21.5. The van der Waals surface area contributed by atoms with Gasteiger partial charge in [0.1, 0.15) is 77.2 Å². The molecule has 3 heterocycles. The highest BCUT2D eigenvalue weighted by molar-refractivity contribution is 5.89. The van der Waals surface area contributed by atoms with E-state index in [-0.39, 0.29) is 28.0 Å². The number of aromatic hydroxyl groups is 2. The summed E-state index contributed by atoms with van der Waals surface area (Å²) in [6.07, 6.45) is -14.5. The first kappa shape index (κ1) is 29.2. The average Bonchev–Trinajstić information content (AvgIpc) is 2.94. The lowest BCUT2D eigenvalue weighted by molar-refractivity contribution is -0.268. The normalized spacial score (nSPS) is 34.0.